The second kappa shape index (κ2) is 5.86. The smallest absolute Gasteiger partial charge is 0.489 e. The van der Waals surface area contributed by atoms with Crippen LogP contribution in [0.15, 0.2) is 42.5 Å². The summed E-state index contributed by atoms with van der Waals surface area (Å²) in [5.41, 5.74) is 1.42. The maximum Gasteiger partial charge on any atom is 0.492 e. The molecule has 2 aromatic rings. The fraction of sp³-hybridized carbons (Fsp3) is 0.143. The van der Waals surface area contributed by atoms with Gasteiger partial charge in [0.2, 0.25) is 0 Å². The van der Waals surface area contributed by atoms with E-state index in [0.717, 1.165) is 5.56 Å². The van der Waals surface area contributed by atoms with Crippen LogP contribution in [0, 0.1) is 12.7 Å². The molecule has 0 spiro atoms. The number of hydrogen-bond acceptors (Lipinski definition) is 3. The van der Waals surface area contributed by atoms with Crippen molar-refractivity contribution in [1.29, 1.82) is 0 Å². The highest BCUT2D eigenvalue weighted by Gasteiger charge is 2.19. The second-order valence-corrected chi connectivity index (χ2v) is 4.29. The highest BCUT2D eigenvalue weighted by molar-refractivity contribution is 6.59. The Kier molecular flexibility index (Phi) is 4.19. The monoisotopic (exact) mass is 260 g/mol. The van der Waals surface area contributed by atoms with E-state index in [9.17, 15) is 14.4 Å². The first kappa shape index (κ1) is 13.6. The van der Waals surface area contributed by atoms with Crippen LogP contribution >= 0.6 is 0 Å². The lowest BCUT2D eigenvalue weighted by Crippen LogP contribution is -2.32. The van der Waals surface area contributed by atoms with Gasteiger partial charge in [-0.25, -0.2) is 4.39 Å². The Morgan fingerprint density at radius 1 is 1.16 bits per heavy atom. The zero-order valence-electron chi connectivity index (χ0n) is 10.5. The quantitative estimate of drug-likeness (QED) is 0.817. The third-order valence-electron chi connectivity index (χ3n) is 2.81. The minimum Gasteiger partial charge on any atom is -0.489 e. The summed E-state index contributed by atoms with van der Waals surface area (Å²) in [6.07, 6.45) is 0. The number of aryl methyl sites for hydroxylation is 1. The van der Waals surface area contributed by atoms with E-state index in [-0.39, 0.29) is 17.8 Å². The summed E-state index contributed by atoms with van der Waals surface area (Å²) < 4.78 is 19.0. The third kappa shape index (κ3) is 3.33. The number of benzene rings is 2. The van der Waals surface area contributed by atoms with Crippen LogP contribution in [0.25, 0.3) is 0 Å². The van der Waals surface area contributed by atoms with Gasteiger partial charge in [-0.05, 0) is 18.1 Å². The van der Waals surface area contributed by atoms with Crippen molar-refractivity contribution in [2.24, 2.45) is 0 Å². The van der Waals surface area contributed by atoms with Crippen LogP contribution in [0.1, 0.15) is 11.1 Å². The molecule has 2 rings (SSSR count). The summed E-state index contributed by atoms with van der Waals surface area (Å²) in [6, 6.07) is 11.9. The predicted molar refractivity (Wildman–Crippen MR) is 71.7 cm³/mol. The summed E-state index contributed by atoms with van der Waals surface area (Å²) >= 11 is 0. The number of halogens is 1. The van der Waals surface area contributed by atoms with E-state index >= 15 is 0 Å². The fourth-order valence-corrected chi connectivity index (χ4v) is 1.75. The first-order valence-corrected chi connectivity index (χ1v) is 5.91. The van der Waals surface area contributed by atoms with Gasteiger partial charge in [-0.15, -0.1) is 0 Å². The van der Waals surface area contributed by atoms with Gasteiger partial charge in [0.05, 0.1) is 0 Å². The molecule has 98 valence electrons. The van der Waals surface area contributed by atoms with E-state index in [1.165, 1.54) is 12.1 Å². The van der Waals surface area contributed by atoms with Crippen LogP contribution < -0.4 is 10.2 Å². The van der Waals surface area contributed by atoms with Gasteiger partial charge in [-0.1, -0.05) is 36.4 Å². The second-order valence-electron chi connectivity index (χ2n) is 4.29. The molecule has 0 unspecified atom stereocenters. The molecule has 0 radical (unpaired) electrons. The molecule has 2 N–H and O–H groups in total. The molecule has 19 heavy (non-hydrogen) atoms. The molecule has 0 saturated heterocycles. The molecular weight excluding hydrogens is 246 g/mol. The van der Waals surface area contributed by atoms with E-state index in [0.29, 0.717) is 5.56 Å². The van der Waals surface area contributed by atoms with Gasteiger partial charge < -0.3 is 14.8 Å². The standard InChI is InChI=1S/C14H14BFO3/c1-10-7-12(15(17)18)14(8-13(10)16)19-9-11-5-3-2-4-6-11/h2-8,17-18H,9H2,1H3. The Labute approximate surface area is 111 Å². The molecule has 0 aromatic heterocycles. The van der Waals surface area contributed by atoms with Crippen molar-refractivity contribution >= 4 is 12.6 Å². The van der Waals surface area contributed by atoms with Crippen molar-refractivity contribution in [2.75, 3.05) is 0 Å². The first-order valence-electron chi connectivity index (χ1n) is 5.91. The lowest BCUT2D eigenvalue weighted by molar-refractivity contribution is 0.305. The summed E-state index contributed by atoms with van der Waals surface area (Å²) in [5.74, 6) is -0.297. The number of ether oxygens (including phenoxy) is 1. The summed E-state index contributed by atoms with van der Waals surface area (Å²) in [4.78, 5) is 0. The lowest BCUT2D eigenvalue weighted by atomic mass is 9.78. The lowest BCUT2D eigenvalue weighted by Gasteiger charge is -2.12. The average Bonchev–Trinajstić information content (AvgIpc) is 2.40. The van der Waals surface area contributed by atoms with Crippen molar-refractivity contribution in [3.63, 3.8) is 0 Å². The highest BCUT2D eigenvalue weighted by Crippen LogP contribution is 2.16. The van der Waals surface area contributed by atoms with Crippen LogP contribution in [0.2, 0.25) is 0 Å². The average molecular weight is 260 g/mol. The van der Waals surface area contributed by atoms with Crippen LogP contribution in [0.3, 0.4) is 0 Å². The van der Waals surface area contributed by atoms with E-state index < -0.39 is 12.9 Å². The van der Waals surface area contributed by atoms with Crippen LogP contribution in [-0.4, -0.2) is 17.2 Å². The first-order chi connectivity index (χ1) is 9.08. The van der Waals surface area contributed by atoms with Crippen LogP contribution in [0.4, 0.5) is 4.39 Å². The molecule has 3 nitrogen and oxygen atoms in total. The molecule has 5 heteroatoms. The van der Waals surface area contributed by atoms with E-state index in [2.05, 4.69) is 0 Å². The summed E-state index contributed by atoms with van der Waals surface area (Å²) in [6.45, 7) is 1.80. The molecule has 2 aromatic carbocycles. The van der Waals surface area contributed by atoms with Crippen molar-refractivity contribution in [3.8, 4) is 5.75 Å². The van der Waals surface area contributed by atoms with Gasteiger partial charge in [0.1, 0.15) is 18.2 Å². The zero-order chi connectivity index (χ0) is 13.8. The molecule has 0 heterocycles. The molecule has 0 aliphatic rings. The molecule has 0 aliphatic heterocycles. The Balaban J connectivity index is 2.22. The highest BCUT2D eigenvalue weighted by atomic mass is 19.1. The Bertz CT molecular complexity index is 558. The minimum absolute atomic E-state index is 0.141. The summed E-state index contributed by atoms with van der Waals surface area (Å²) in [5, 5.41) is 18.5. The van der Waals surface area contributed by atoms with E-state index in [1.807, 2.05) is 30.3 Å². The van der Waals surface area contributed by atoms with Gasteiger partial charge in [0.15, 0.2) is 0 Å². The molecule has 0 amide bonds. The Morgan fingerprint density at radius 2 is 1.84 bits per heavy atom. The molecular formula is C14H14BFO3. The maximum atomic E-state index is 13.5. The Morgan fingerprint density at radius 3 is 2.47 bits per heavy atom. The maximum absolute atomic E-state index is 13.5. The number of hydrogen-bond donors (Lipinski definition) is 2. The Hall–Kier alpha value is -1.85. The molecule has 0 bridgehead atoms. The van der Waals surface area contributed by atoms with E-state index in [4.69, 9.17) is 4.74 Å². The minimum atomic E-state index is -1.69. The van der Waals surface area contributed by atoms with Gasteiger partial charge in [0.25, 0.3) is 0 Å². The largest absolute Gasteiger partial charge is 0.492 e. The van der Waals surface area contributed by atoms with Crippen molar-refractivity contribution in [1.82, 2.24) is 0 Å². The topological polar surface area (TPSA) is 49.7 Å². The van der Waals surface area contributed by atoms with Crippen molar-refractivity contribution < 1.29 is 19.2 Å². The SMILES string of the molecule is Cc1cc(B(O)O)c(OCc2ccccc2)cc1F. The van der Waals surface area contributed by atoms with E-state index in [1.54, 1.807) is 6.92 Å². The summed E-state index contributed by atoms with van der Waals surface area (Å²) in [7, 11) is -1.69. The predicted octanol–water partition coefficient (Wildman–Crippen LogP) is 1.39. The zero-order valence-corrected chi connectivity index (χ0v) is 10.5. The van der Waals surface area contributed by atoms with Gasteiger partial charge in [0, 0.05) is 11.5 Å². The van der Waals surface area contributed by atoms with Crippen molar-refractivity contribution in [3.05, 3.63) is 59.4 Å². The normalized spacial score (nSPS) is 10.3. The third-order valence-corrected chi connectivity index (χ3v) is 2.81. The molecule has 0 atom stereocenters. The van der Waals surface area contributed by atoms with Crippen LogP contribution in [-0.2, 0) is 6.61 Å². The van der Waals surface area contributed by atoms with Crippen LogP contribution in [0.5, 0.6) is 5.75 Å². The molecule has 0 aliphatic carbocycles. The molecule has 0 saturated carbocycles. The van der Waals surface area contributed by atoms with Gasteiger partial charge in [-0.2, -0.15) is 0 Å². The molecule has 0 fully saturated rings. The fourth-order valence-electron chi connectivity index (χ4n) is 1.75. The van der Waals surface area contributed by atoms with Crippen molar-refractivity contribution in [2.45, 2.75) is 13.5 Å². The van der Waals surface area contributed by atoms with Gasteiger partial charge in [-0.3, -0.25) is 0 Å². The number of rotatable bonds is 4. The van der Waals surface area contributed by atoms with Gasteiger partial charge >= 0.3 is 7.12 Å².